The Morgan fingerprint density at radius 3 is 1.51 bits per heavy atom. The van der Waals surface area contributed by atoms with E-state index in [2.05, 4.69) is 141 Å². The van der Waals surface area contributed by atoms with E-state index >= 15 is 0 Å². The Bertz CT molecular complexity index is 854. The minimum Gasteiger partial charge on any atom is -0.374 e. The van der Waals surface area contributed by atoms with Gasteiger partial charge in [0, 0.05) is 108 Å². The summed E-state index contributed by atoms with van der Waals surface area (Å²) in [7, 11) is 4.53. The Kier molecular flexibility index (Phi) is 23.8. The van der Waals surface area contributed by atoms with Gasteiger partial charge in [0.1, 0.15) is 6.54 Å². The van der Waals surface area contributed by atoms with Crippen LogP contribution in [0.4, 0.5) is 0 Å². The molecule has 2 fully saturated rings. The molecule has 0 unspecified atom stereocenters. The van der Waals surface area contributed by atoms with Gasteiger partial charge in [0.25, 0.3) is 0 Å². The standard InChI is InChI=1S/C18H39N2O.C13H29N2.C12H25N3/c1-6-7-11-20(12-8-9-13-20)14-16-21-15-10-19(17(2)3)18(4)5;1-12(2)14(13(3)4)8-11-15(5)9-6-7-10-15;1-11(2)15(12(3)4)9-8-14-7-6-13(5)10-14/h17-18H,6-16H2,1-5H3;12-13H,6-11H2,1-5H3;6-7,11-12H,8-10H2,1-5H3/q2*+1;. The quantitative estimate of drug-likeness (QED) is 0.0892. The van der Waals surface area contributed by atoms with E-state index in [4.69, 9.17) is 4.74 Å². The first kappa shape index (κ1) is 48.1. The highest BCUT2D eigenvalue weighted by atomic mass is 16.5. The van der Waals surface area contributed by atoms with Crippen LogP contribution in [0.5, 0.6) is 0 Å². The lowest BCUT2D eigenvalue weighted by molar-refractivity contribution is -0.917. The molecule has 0 N–H and O–H groups in total. The fourth-order valence-electron chi connectivity index (χ4n) is 8.58. The molecule has 3 aliphatic rings. The molecule has 0 aromatic heterocycles. The molecule has 8 nitrogen and oxygen atoms in total. The highest BCUT2D eigenvalue weighted by Crippen LogP contribution is 2.20. The number of ether oxygens (including phenoxy) is 1. The van der Waals surface area contributed by atoms with Crippen molar-refractivity contribution in [2.45, 2.75) is 165 Å². The average Bonchev–Trinajstić information content (AvgIpc) is 3.80. The summed E-state index contributed by atoms with van der Waals surface area (Å²) < 4.78 is 8.60. The zero-order valence-electron chi connectivity index (χ0n) is 37.3. The Labute approximate surface area is 320 Å². The molecule has 8 heteroatoms. The summed E-state index contributed by atoms with van der Waals surface area (Å²) in [6.07, 6.45) is 12.7. The van der Waals surface area contributed by atoms with Crippen molar-refractivity contribution >= 4 is 0 Å². The largest absolute Gasteiger partial charge is 0.374 e. The average molecular weight is 724 g/mol. The van der Waals surface area contributed by atoms with Crippen LogP contribution in [0.25, 0.3) is 0 Å². The Balaban J connectivity index is 0.000000391. The van der Waals surface area contributed by atoms with Crippen LogP contribution in [0.1, 0.15) is 129 Å². The summed E-state index contributed by atoms with van der Waals surface area (Å²) in [5.41, 5.74) is 0. The number of likely N-dealkylation sites (N-methyl/N-ethyl adjacent to an activating group) is 1. The van der Waals surface area contributed by atoms with Gasteiger partial charge in [0.15, 0.2) is 0 Å². The van der Waals surface area contributed by atoms with Crippen LogP contribution in [-0.2, 0) is 4.74 Å². The first-order valence-corrected chi connectivity index (χ1v) is 21.6. The highest BCUT2D eigenvalue weighted by Gasteiger charge is 2.31. The van der Waals surface area contributed by atoms with Gasteiger partial charge in [-0.05, 0) is 89.5 Å². The van der Waals surface area contributed by atoms with E-state index in [-0.39, 0.29) is 0 Å². The summed E-state index contributed by atoms with van der Waals surface area (Å²) in [4.78, 5) is 12.2. The second kappa shape index (κ2) is 25.2. The number of hydrogen-bond donors (Lipinski definition) is 0. The van der Waals surface area contributed by atoms with Crippen molar-refractivity contribution in [2.24, 2.45) is 0 Å². The summed E-state index contributed by atoms with van der Waals surface area (Å²) in [5.74, 6) is 0. The van der Waals surface area contributed by atoms with Gasteiger partial charge in [-0.25, -0.2) is 0 Å². The SMILES string of the molecule is CC(C)N(CCN1C=CN(C)C1)C(C)C.CC(C)N(CC[N+]1(C)CCCC1)C(C)C.CCCC[N+]1(CCOCCN(C(C)C)C(C)C)CCCC1. The van der Waals surface area contributed by atoms with Crippen molar-refractivity contribution in [1.82, 2.24) is 24.5 Å². The summed E-state index contributed by atoms with van der Waals surface area (Å²) in [6, 6.07) is 3.84. The van der Waals surface area contributed by atoms with E-state index in [0.717, 1.165) is 39.5 Å². The molecule has 304 valence electrons. The van der Waals surface area contributed by atoms with Gasteiger partial charge in [0.2, 0.25) is 0 Å². The number of likely N-dealkylation sites (tertiary alicyclic amines) is 2. The zero-order chi connectivity index (χ0) is 38.6. The topological polar surface area (TPSA) is 25.4 Å². The second-order valence-electron chi connectivity index (χ2n) is 18.2. The van der Waals surface area contributed by atoms with E-state index in [1.807, 2.05) is 0 Å². The third kappa shape index (κ3) is 19.3. The Morgan fingerprint density at radius 2 is 1.06 bits per heavy atom. The van der Waals surface area contributed by atoms with Crippen LogP contribution in [0.3, 0.4) is 0 Å². The molecule has 0 bridgehead atoms. The minimum absolute atomic E-state index is 0.607. The van der Waals surface area contributed by atoms with E-state index in [1.165, 1.54) is 99.8 Å². The first-order chi connectivity index (χ1) is 24.0. The zero-order valence-corrected chi connectivity index (χ0v) is 37.3. The van der Waals surface area contributed by atoms with Gasteiger partial charge in [-0.3, -0.25) is 14.7 Å². The molecular formula is C43H93N7O+2. The molecule has 0 aromatic rings. The van der Waals surface area contributed by atoms with Crippen LogP contribution in [0, 0.1) is 0 Å². The Hall–Kier alpha value is -0.900. The number of quaternary nitrogens is 2. The fourth-order valence-corrected chi connectivity index (χ4v) is 8.58. The van der Waals surface area contributed by atoms with E-state index < -0.39 is 0 Å². The molecule has 2 saturated heterocycles. The summed E-state index contributed by atoms with van der Waals surface area (Å²) in [5, 5.41) is 0. The van der Waals surface area contributed by atoms with Crippen LogP contribution < -0.4 is 0 Å². The molecule has 51 heavy (non-hydrogen) atoms. The maximum absolute atomic E-state index is 5.97. The molecule has 0 atom stereocenters. The third-order valence-electron chi connectivity index (χ3n) is 11.8. The normalized spacial score (nSPS) is 18.5. The van der Waals surface area contributed by atoms with Crippen LogP contribution in [0.15, 0.2) is 12.4 Å². The predicted octanol–water partition coefficient (Wildman–Crippen LogP) is 7.66. The molecule has 0 saturated carbocycles. The van der Waals surface area contributed by atoms with Crippen molar-refractivity contribution in [2.75, 3.05) is 106 Å². The van der Waals surface area contributed by atoms with Gasteiger partial charge in [-0.15, -0.1) is 0 Å². The minimum atomic E-state index is 0.607. The summed E-state index contributed by atoms with van der Waals surface area (Å²) >= 11 is 0. The molecule has 0 amide bonds. The highest BCUT2D eigenvalue weighted by molar-refractivity contribution is 4.89. The van der Waals surface area contributed by atoms with Crippen LogP contribution >= 0.6 is 0 Å². The van der Waals surface area contributed by atoms with Gasteiger partial charge in [0.05, 0.1) is 66.2 Å². The molecular weight excluding hydrogens is 631 g/mol. The van der Waals surface area contributed by atoms with Crippen LogP contribution in [-0.4, -0.2) is 176 Å². The second-order valence-corrected chi connectivity index (χ2v) is 18.2. The lowest BCUT2D eigenvalue weighted by atomic mass is 10.2. The van der Waals surface area contributed by atoms with E-state index in [9.17, 15) is 0 Å². The molecule has 0 aliphatic carbocycles. The molecule has 0 aromatic carbocycles. The van der Waals surface area contributed by atoms with E-state index in [1.54, 1.807) is 0 Å². The maximum Gasteiger partial charge on any atom is 0.102 e. The Morgan fingerprint density at radius 1 is 0.588 bits per heavy atom. The molecule has 3 rings (SSSR count). The molecule has 0 spiro atoms. The van der Waals surface area contributed by atoms with Crippen molar-refractivity contribution in [3.05, 3.63) is 12.4 Å². The first-order valence-electron chi connectivity index (χ1n) is 21.6. The van der Waals surface area contributed by atoms with Crippen molar-refractivity contribution in [3.63, 3.8) is 0 Å². The smallest absolute Gasteiger partial charge is 0.102 e. The maximum atomic E-state index is 5.97. The van der Waals surface area contributed by atoms with Gasteiger partial charge >= 0.3 is 0 Å². The van der Waals surface area contributed by atoms with Crippen molar-refractivity contribution < 1.29 is 13.7 Å². The fraction of sp³-hybridized carbons (Fsp3) is 0.953. The number of hydrogen-bond acceptors (Lipinski definition) is 6. The number of nitrogens with zero attached hydrogens (tertiary/aromatic N) is 7. The van der Waals surface area contributed by atoms with Crippen molar-refractivity contribution in [1.29, 1.82) is 0 Å². The van der Waals surface area contributed by atoms with Gasteiger partial charge in [-0.1, -0.05) is 13.3 Å². The lowest BCUT2D eigenvalue weighted by Crippen LogP contribution is -2.49. The molecule has 0 radical (unpaired) electrons. The summed E-state index contributed by atoms with van der Waals surface area (Å²) in [6.45, 7) is 46.6. The number of rotatable bonds is 21. The van der Waals surface area contributed by atoms with Crippen molar-refractivity contribution in [3.8, 4) is 0 Å². The van der Waals surface area contributed by atoms with E-state index in [0.29, 0.717) is 36.3 Å². The molecule has 3 aliphatic heterocycles. The lowest BCUT2D eigenvalue weighted by Gasteiger charge is -2.35. The van der Waals surface area contributed by atoms with Gasteiger partial charge < -0.3 is 23.5 Å². The number of unbranched alkanes of at least 4 members (excludes halogenated alkanes) is 1. The van der Waals surface area contributed by atoms with Gasteiger partial charge in [-0.2, -0.15) is 0 Å². The van der Waals surface area contributed by atoms with Crippen LogP contribution in [0.2, 0.25) is 0 Å². The predicted molar refractivity (Wildman–Crippen MR) is 224 cm³/mol. The monoisotopic (exact) mass is 724 g/mol. The third-order valence-corrected chi connectivity index (χ3v) is 11.8. The molecule has 3 heterocycles.